The van der Waals surface area contributed by atoms with Gasteiger partial charge in [0.25, 0.3) is 0 Å². The number of nitrogens with zero attached hydrogens (tertiary/aromatic N) is 2. The Bertz CT molecular complexity index is 1170. The molecule has 0 radical (unpaired) electrons. The van der Waals surface area contributed by atoms with E-state index in [1.54, 1.807) is 0 Å². The van der Waals surface area contributed by atoms with E-state index in [2.05, 4.69) is 103 Å². The van der Waals surface area contributed by atoms with E-state index < -0.39 is 0 Å². The number of para-hydroxylation sites is 3. The summed E-state index contributed by atoms with van der Waals surface area (Å²) in [4.78, 5) is 7.39. The van der Waals surface area contributed by atoms with Gasteiger partial charge in [0.1, 0.15) is 0 Å². The van der Waals surface area contributed by atoms with E-state index >= 15 is 0 Å². The van der Waals surface area contributed by atoms with Crippen molar-refractivity contribution in [1.82, 2.24) is 0 Å². The van der Waals surface area contributed by atoms with Crippen molar-refractivity contribution in [3.8, 4) is 0 Å². The fraction of sp³-hybridized carbons (Fsp3) is 0.0417. The molecule has 1 heterocycles. The molecule has 3 heteroatoms. The van der Waals surface area contributed by atoms with Crippen LogP contribution in [0, 0.1) is 0 Å². The first-order valence-electron chi connectivity index (χ1n) is 8.98. The van der Waals surface area contributed by atoms with Crippen LogP contribution >= 0.6 is 0 Å². The van der Waals surface area contributed by atoms with Crippen molar-refractivity contribution in [3.63, 3.8) is 0 Å². The van der Waals surface area contributed by atoms with Crippen LogP contribution in [0.5, 0.6) is 0 Å². The predicted molar refractivity (Wildman–Crippen MR) is 116 cm³/mol. The molecular formula is C24H18N2Se. The van der Waals surface area contributed by atoms with Gasteiger partial charge in [0, 0.05) is 0 Å². The molecule has 1 aliphatic rings. The quantitative estimate of drug-likeness (QED) is 0.421. The number of aliphatic imine (C=N–C) groups is 1. The normalized spacial score (nSPS) is 12.9. The average molecular weight is 413 g/mol. The Balaban J connectivity index is 1.70. The summed E-state index contributed by atoms with van der Waals surface area (Å²) in [7, 11) is 2.13. The fourth-order valence-corrected chi connectivity index (χ4v) is 5.82. The second kappa shape index (κ2) is 6.70. The summed E-state index contributed by atoms with van der Waals surface area (Å²) in [6.07, 6.45) is 0. The summed E-state index contributed by atoms with van der Waals surface area (Å²) in [5, 5.41) is 2.61. The molecule has 0 unspecified atom stereocenters. The summed E-state index contributed by atoms with van der Waals surface area (Å²) in [6, 6.07) is 32.2. The molecule has 2 nitrogen and oxygen atoms in total. The van der Waals surface area contributed by atoms with Crippen molar-refractivity contribution < 1.29 is 0 Å². The van der Waals surface area contributed by atoms with Gasteiger partial charge in [0.05, 0.1) is 0 Å². The fourth-order valence-electron chi connectivity index (χ4n) is 3.56. The van der Waals surface area contributed by atoms with Crippen LogP contribution < -0.4 is 9.36 Å². The molecule has 0 saturated heterocycles. The van der Waals surface area contributed by atoms with Crippen molar-refractivity contribution in [3.05, 3.63) is 96.6 Å². The Morgan fingerprint density at radius 3 is 2.33 bits per heavy atom. The molecule has 0 aromatic heterocycles. The van der Waals surface area contributed by atoms with Gasteiger partial charge in [-0.1, -0.05) is 0 Å². The van der Waals surface area contributed by atoms with Gasteiger partial charge in [-0.05, 0) is 0 Å². The first-order chi connectivity index (χ1) is 13.3. The van der Waals surface area contributed by atoms with Crippen LogP contribution in [0.4, 0.5) is 17.1 Å². The average Bonchev–Trinajstić information content (AvgIpc) is 2.84. The van der Waals surface area contributed by atoms with E-state index in [-0.39, 0.29) is 15.0 Å². The maximum atomic E-state index is 5.14. The Labute approximate surface area is 165 Å². The van der Waals surface area contributed by atoms with Crippen LogP contribution in [-0.4, -0.2) is 26.6 Å². The number of fused-ring (bicyclic) bond motifs is 3. The van der Waals surface area contributed by atoms with Crippen molar-refractivity contribution in [2.75, 3.05) is 11.9 Å². The number of anilines is 2. The van der Waals surface area contributed by atoms with Crippen LogP contribution in [0.25, 0.3) is 10.8 Å². The molecule has 0 spiro atoms. The molecule has 27 heavy (non-hydrogen) atoms. The number of rotatable bonds is 2. The van der Waals surface area contributed by atoms with Gasteiger partial charge in [-0.25, -0.2) is 0 Å². The van der Waals surface area contributed by atoms with Gasteiger partial charge < -0.3 is 0 Å². The van der Waals surface area contributed by atoms with E-state index in [4.69, 9.17) is 4.99 Å². The van der Waals surface area contributed by atoms with E-state index in [1.165, 1.54) is 31.1 Å². The molecule has 5 rings (SSSR count). The van der Waals surface area contributed by atoms with Crippen molar-refractivity contribution in [2.24, 2.45) is 4.99 Å². The molecule has 1 aliphatic heterocycles. The van der Waals surface area contributed by atoms with Gasteiger partial charge in [-0.3, -0.25) is 0 Å². The predicted octanol–water partition coefficient (Wildman–Crippen LogP) is 5.03. The minimum atomic E-state index is 0.106. The third-order valence-corrected chi connectivity index (χ3v) is 7.18. The van der Waals surface area contributed by atoms with Crippen molar-refractivity contribution in [2.45, 2.75) is 0 Å². The standard InChI is InChI=1S/C24H18N2Se/c1-26-21-14-6-4-12-19(21)24(25-20-13-5-7-15-22(20)26)27-23-16-8-10-17-9-2-3-11-18(17)23/h2-16H,1H3. The zero-order chi connectivity index (χ0) is 18.2. The molecular weight excluding hydrogens is 395 g/mol. The SMILES string of the molecule is CN1c2ccccc2N=C([Se]c2cccc3ccccc23)c2ccccc21. The summed E-state index contributed by atoms with van der Waals surface area (Å²) in [6.45, 7) is 0. The van der Waals surface area contributed by atoms with Gasteiger partial charge in [-0.15, -0.1) is 0 Å². The maximum absolute atomic E-state index is 5.14. The molecule has 0 fully saturated rings. The topological polar surface area (TPSA) is 15.6 Å². The first-order valence-corrected chi connectivity index (χ1v) is 10.7. The van der Waals surface area contributed by atoms with E-state index in [9.17, 15) is 0 Å². The Hall–Kier alpha value is -2.87. The number of hydrogen-bond acceptors (Lipinski definition) is 2. The first kappa shape index (κ1) is 16.3. The van der Waals surface area contributed by atoms with Crippen LogP contribution in [0.3, 0.4) is 0 Å². The van der Waals surface area contributed by atoms with E-state index in [0.29, 0.717) is 0 Å². The second-order valence-electron chi connectivity index (χ2n) is 6.56. The second-order valence-corrected chi connectivity index (χ2v) is 8.72. The summed E-state index contributed by atoms with van der Waals surface area (Å²) >= 11 is 0.106. The van der Waals surface area contributed by atoms with Crippen LogP contribution in [0.2, 0.25) is 0 Å². The van der Waals surface area contributed by atoms with Crippen molar-refractivity contribution >= 4 is 51.9 Å². The summed E-state index contributed by atoms with van der Waals surface area (Å²) in [5.41, 5.74) is 4.62. The van der Waals surface area contributed by atoms with Crippen LogP contribution in [-0.2, 0) is 0 Å². The number of hydrogen-bond donors (Lipinski definition) is 0. The molecule has 0 N–H and O–H groups in total. The van der Waals surface area contributed by atoms with E-state index in [0.717, 1.165) is 11.4 Å². The van der Waals surface area contributed by atoms with E-state index in [1.807, 2.05) is 0 Å². The Morgan fingerprint density at radius 2 is 1.41 bits per heavy atom. The summed E-state index contributed by atoms with van der Waals surface area (Å²) < 4.78 is 2.54. The van der Waals surface area contributed by atoms with Gasteiger partial charge in [0.15, 0.2) is 0 Å². The van der Waals surface area contributed by atoms with Gasteiger partial charge >= 0.3 is 165 Å². The molecule has 0 bridgehead atoms. The Morgan fingerprint density at radius 1 is 0.704 bits per heavy atom. The molecule has 0 saturated carbocycles. The Kier molecular flexibility index (Phi) is 4.05. The van der Waals surface area contributed by atoms with Gasteiger partial charge in [0.2, 0.25) is 0 Å². The third-order valence-electron chi connectivity index (χ3n) is 4.92. The third kappa shape index (κ3) is 2.86. The zero-order valence-electron chi connectivity index (χ0n) is 15.0. The number of benzene rings is 4. The zero-order valence-corrected chi connectivity index (χ0v) is 16.7. The molecule has 130 valence electrons. The molecule has 4 aromatic carbocycles. The van der Waals surface area contributed by atoms with Crippen molar-refractivity contribution in [1.29, 1.82) is 0 Å². The molecule has 0 aliphatic carbocycles. The van der Waals surface area contributed by atoms with Crippen LogP contribution in [0.1, 0.15) is 5.56 Å². The minimum absolute atomic E-state index is 0.106. The monoisotopic (exact) mass is 414 g/mol. The molecule has 4 aromatic rings. The van der Waals surface area contributed by atoms with Crippen LogP contribution in [0.15, 0.2) is 96.0 Å². The summed E-state index contributed by atoms with van der Waals surface area (Å²) in [5.74, 6) is 0. The molecule has 0 atom stereocenters. The molecule has 0 amide bonds. The van der Waals surface area contributed by atoms with Gasteiger partial charge in [-0.2, -0.15) is 0 Å².